The molecule has 1 atom stereocenters. The van der Waals surface area contributed by atoms with Crippen molar-refractivity contribution in [3.05, 3.63) is 30.0 Å². The minimum Gasteiger partial charge on any atom is -0.775 e. The van der Waals surface area contributed by atoms with Gasteiger partial charge in [0.2, 0.25) is 6.20 Å². The molecule has 0 saturated heterocycles. The van der Waals surface area contributed by atoms with Gasteiger partial charge in [-0.25, -0.2) is 0 Å². The van der Waals surface area contributed by atoms with Crippen LogP contribution < -0.4 is 14.9 Å². The standard InChI is InChI=1S/C11H13N2O3P/c1-8-4-5-10-9(6-8)11(7-13(2)12-10)17(14,15)16-3/h4-7H,1-3H3. The van der Waals surface area contributed by atoms with Gasteiger partial charge in [-0.1, -0.05) is 16.3 Å². The quantitative estimate of drug-likeness (QED) is 0.565. The third-order valence-electron chi connectivity index (χ3n) is 2.54. The van der Waals surface area contributed by atoms with Crippen LogP contribution in [0.2, 0.25) is 0 Å². The summed E-state index contributed by atoms with van der Waals surface area (Å²) in [5, 5.41) is 4.98. The fourth-order valence-electron chi connectivity index (χ4n) is 1.70. The number of hydrogen-bond donors (Lipinski definition) is 0. The Bertz CT molecular complexity index is 627. The molecule has 0 N–H and O–H groups in total. The Morgan fingerprint density at radius 1 is 1.47 bits per heavy atom. The van der Waals surface area contributed by atoms with E-state index in [0.717, 1.165) is 12.7 Å². The van der Waals surface area contributed by atoms with Crippen LogP contribution in [-0.4, -0.2) is 12.2 Å². The highest BCUT2D eigenvalue weighted by Gasteiger charge is 2.19. The van der Waals surface area contributed by atoms with Crippen molar-refractivity contribution >= 4 is 23.8 Å². The van der Waals surface area contributed by atoms with Crippen molar-refractivity contribution in [2.75, 3.05) is 7.11 Å². The molecule has 1 heterocycles. The summed E-state index contributed by atoms with van der Waals surface area (Å²) in [5.74, 6) is 0. The maximum Gasteiger partial charge on any atom is 0.208 e. The highest BCUT2D eigenvalue weighted by atomic mass is 31.2. The molecule has 17 heavy (non-hydrogen) atoms. The maximum atomic E-state index is 11.8. The highest BCUT2D eigenvalue weighted by Crippen LogP contribution is 2.36. The third-order valence-corrected chi connectivity index (χ3v) is 3.97. The second-order valence-corrected chi connectivity index (χ2v) is 5.73. The third kappa shape index (κ3) is 2.22. The molecule has 5 nitrogen and oxygen atoms in total. The van der Waals surface area contributed by atoms with Crippen molar-refractivity contribution < 1.29 is 18.7 Å². The monoisotopic (exact) mass is 252 g/mol. The van der Waals surface area contributed by atoms with Gasteiger partial charge in [-0.3, -0.25) is 0 Å². The zero-order valence-electron chi connectivity index (χ0n) is 9.88. The molecule has 6 heteroatoms. The second kappa shape index (κ2) is 4.18. The van der Waals surface area contributed by atoms with Gasteiger partial charge in [0.1, 0.15) is 5.52 Å². The summed E-state index contributed by atoms with van der Waals surface area (Å²) in [7, 11) is -1.19. The molecule has 2 aromatic rings. The number of benzene rings is 1. The summed E-state index contributed by atoms with van der Waals surface area (Å²) in [6.45, 7) is 1.90. The fourth-order valence-corrected chi connectivity index (χ4v) is 2.68. The Morgan fingerprint density at radius 3 is 2.82 bits per heavy atom. The second-order valence-electron chi connectivity index (χ2n) is 3.89. The molecule has 0 aliphatic rings. The molecule has 0 radical (unpaired) electrons. The van der Waals surface area contributed by atoms with E-state index in [9.17, 15) is 9.46 Å². The van der Waals surface area contributed by atoms with Gasteiger partial charge in [-0.05, 0) is 24.2 Å². The average Bonchev–Trinajstić information content (AvgIpc) is 2.28. The molecule has 0 amide bonds. The summed E-state index contributed by atoms with van der Waals surface area (Å²) in [4.78, 5) is 11.8. The van der Waals surface area contributed by atoms with Crippen LogP contribution in [0.5, 0.6) is 0 Å². The Hall–Kier alpha value is -1.29. The summed E-state index contributed by atoms with van der Waals surface area (Å²) in [6, 6.07) is 5.48. The van der Waals surface area contributed by atoms with E-state index in [4.69, 9.17) is 0 Å². The van der Waals surface area contributed by atoms with Gasteiger partial charge in [0.15, 0.2) is 14.6 Å². The lowest BCUT2D eigenvalue weighted by Crippen LogP contribution is -2.37. The molecule has 1 aromatic heterocycles. The molecule has 0 bridgehead atoms. The van der Waals surface area contributed by atoms with E-state index in [2.05, 4.69) is 9.62 Å². The summed E-state index contributed by atoms with van der Waals surface area (Å²) < 4.78 is 17.9. The van der Waals surface area contributed by atoms with Gasteiger partial charge >= 0.3 is 0 Å². The van der Waals surface area contributed by atoms with E-state index in [0.29, 0.717) is 10.9 Å². The summed E-state index contributed by atoms with van der Waals surface area (Å²) >= 11 is 0. The largest absolute Gasteiger partial charge is 0.775 e. The molecular formula is C11H13N2O3P. The van der Waals surface area contributed by atoms with Gasteiger partial charge in [-0.2, -0.15) is 0 Å². The van der Waals surface area contributed by atoms with Crippen molar-refractivity contribution in [1.29, 1.82) is 0 Å². The van der Waals surface area contributed by atoms with Gasteiger partial charge in [0, 0.05) is 12.5 Å². The zero-order valence-corrected chi connectivity index (χ0v) is 10.8. The van der Waals surface area contributed by atoms with E-state index >= 15 is 0 Å². The fraction of sp³-hybridized carbons (Fsp3) is 0.273. The first-order chi connectivity index (χ1) is 7.94. The van der Waals surface area contributed by atoms with Crippen molar-refractivity contribution in [3.8, 4) is 0 Å². The van der Waals surface area contributed by atoms with Crippen LogP contribution in [0.3, 0.4) is 0 Å². The van der Waals surface area contributed by atoms with E-state index in [1.807, 2.05) is 13.0 Å². The number of nitrogens with zero attached hydrogens (tertiary/aromatic N) is 2. The first-order valence-corrected chi connectivity index (χ1v) is 6.63. The zero-order chi connectivity index (χ0) is 12.6. The normalized spacial score (nSPS) is 14.8. The van der Waals surface area contributed by atoms with Crippen LogP contribution in [0.25, 0.3) is 10.9 Å². The number of hydrogen-bond acceptors (Lipinski definition) is 4. The number of aromatic nitrogens is 2. The van der Waals surface area contributed by atoms with E-state index in [1.165, 1.54) is 10.9 Å². The SMILES string of the molecule is COP(=O)([O-])c1c[n+](C)nc2ccc(C)cc12. The lowest BCUT2D eigenvalue weighted by Gasteiger charge is -2.20. The molecule has 0 aliphatic heterocycles. The van der Waals surface area contributed by atoms with Crippen LogP contribution in [-0.2, 0) is 16.1 Å². The minimum atomic E-state index is -4.03. The topological polar surface area (TPSA) is 66.1 Å². The van der Waals surface area contributed by atoms with E-state index < -0.39 is 7.60 Å². The van der Waals surface area contributed by atoms with Crippen molar-refractivity contribution in [3.63, 3.8) is 0 Å². The molecule has 1 aromatic carbocycles. The first-order valence-electron chi connectivity index (χ1n) is 5.09. The van der Waals surface area contributed by atoms with Crippen LogP contribution in [0, 0.1) is 6.92 Å². The first kappa shape index (κ1) is 12.2. The molecule has 0 saturated carbocycles. The predicted molar refractivity (Wildman–Crippen MR) is 61.9 cm³/mol. The van der Waals surface area contributed by atoms with Crippen LogP contribution in [0.15, 0.2) is 24.4 Å². The smallest absolute Gasteiger partial charge is 0.208 e. The number of aryl methyl sites for hydroxylation is 2. The van der Waals surface area contributed by atoms with Crippen molar-refractivity contribution in [1.82, 2.24) is 5.10 Å². The summed E-state index contributed by atoms with van der Waals surface area (Å²) in [6.07, 6.45) is 1.46. The van der Waals surface area contributed by atoms with E-state index in [-0.39, 0.29) is 5.30 Å². The Labute approximate surface area is 99.2 Å². The molecule has 1 unspecified atom stereocenters. The van der Waals surface area contributed by atoms with Gasteiger partial charge < -0.3 is 14.0 Å². The predicted octanol–water partition coefficient (Wildman–Crippen LogP) is 0.193. The highest BCUT2D eigenvalue weighted by molar-refractivity contribution is 7.60. The molecule has 0 fully saturated rings. The van der Waals surface area contributed by atoms with Crippen LogP contribution >= 0.6 is 7.60 Å². The Kier molecular flexibility index (Phi) is 3.00. The van der Waals surface area contributed by atoms with Gasteiger partial charge in [-0.15, -0.1) is 0 Å². The Balaban J connectivity index is 2.86. The molecule has 2 rings (SSSR count). The number of fused-ring (bicyclic) bond motifs is 1. The van der Waals surface area contributed by atoms with Crippen molar-refractivity contribution in [2.45, 2.75) is 6.92 Å². The number of rotatable bonds is 2. The minimum absolute atomic E-state index is 0.163. The molecule has 0 aliphatic carbocycles. The molecule has 90 valence electrons. The van der Waals surface area contributed by atoms with Crippen LogP contribution in [0.4, 0.5) is 0 Å². The Morgan fingerprint density at radius 2 is 2.18 bits per heavy atom. The van der Waals surface area contributed by atoms with Crippen LogP contribution in [0.1, 0.15) is 5.56 Å². The molecular weight excluding hydrogens is 239 g/mol. The summed E-state index contributed by atoms with van der Waals surface area (Å²) in [5.41, 5.74) is 1.61. The maximum absolute atomic E-state index is 11.8. The molecule has 0 spiro atoms. The lowest BCUT2D eigenvalue weighted by molar-refractivity contribution is -0.727. The average molecular weight is 252 g/mol. The van der Waals surface area contributed by atoms with Gasteiger partial charge in [0.05, 0.1) is 5.30 Å². The van der Waals surface area contributed by atoms with Crippen molar-refractivity contribution in [2.24, 2.45) is 7.05 Å². The lowest BCUT2D eigenvalue weighted by atomic mass is 10.1. The van der Waals surface area contributed by atoms with E-state index in [1.54, 1.807) is 19.2 Å². The van der Waals surface area contributed by atoms with Gasteiger partial charge in [0.25, 0.3) is 0 Å².